The van der Waals surface area contributed by atoms with E-state index in [4.69, 9.17) is 10.5 Å². The number of amides is 1. The van der Waals surface area contributed by atoms with E-state index in [-0.39, 0.29) is 24.2 Å². The van der Waals surface area contributed by atoms with E-state index in [2.05, 4.69) is 38.1 Å². The summed E-state index contributed by atoms with van der Waals surface area (Å²) in [6, 6.07) is 8.05. The molecule has 1 aliphatic heterocycles. The molecule has 1 fully saturated rings. The number of benzene rings is 1. The fourth-order valence-corrected chi connectivity index (χ4v) is 2.89. The quantitative estimate of drug-likeness (QED) is 0.896. The van der Waals surface area contributed by atoms with Gasteiger partial charge >= 0.3 is 0 Å². The van der Waals surface area contributed by atoms with Crippen molar-refractivity contribution in [3.05, 3.63) is 35.4 Å². The Morgan fingerprint density at radius 1 is 1.26 bits per heavy atom. The first-order valence-corrected chi connectivity index (χ1v) is 8.16. The van der Waals surface area contributed by atoms with E-state index in [1.807, 2.05) is 7.05 Å². The topological polar surface area (TPSA) is 55.6 Å². The molecule has 1 aromatic rings. The predicted molar refractivity (Wildman–Crippen MR) is 95.8 cm³/mol. The molecule has 0 spiro atoms. The van der Waals surface area contributed by atoms with Crippen LogP contribution in [-0.2, 0) is 16.1 Å². The second-order valence-electron chi connectivity index (χ2n) is 6.57. The zero-order valence-electron chi connectivity index (χ0n) is 14.3. The molecule has 0 radical (unpaired) electrons. The molecule has 130 valence electrons. The number of ether oxygens (including phenoxy) is 1. The van der Waals surface area contributed by atoms with Gasteiger partial charge in [0.25, 0.3) is 0 Å². The van der Waals surface area contributed by atoms with Gasteiger partial charge in [-0.25, -0.2) is 0 Å². The number of carbonyl (C=O) groups is 1. The van der Waals surface area contributed by atoms with Gasteiger partial charge in [-0.15, -0.1) is 12.4 Å². The summed E-state index contributed by atoms with van der Waals surface area (Å²) in [5.41, 5.74) is 8.62. The van der Waals surface area contributed by atoms with Gasteiger partial charge < -0.3 is 15.4 Å². The van der Waals surface area contributed by atoms with E-state index in [1.165, 1.54) is 5.56 Å². The van der Waals surface area contributed by atoms with Crippen molar-refractivity contribution in [1.29, 1.82) is 0 Å². The lowest BCUT2D eigenvalue weighted by atomic mass is 9.91. The van der Waals surface area contributed by atoms with E-state index in [1.54, 1.807) is 4.90 Å². The Morgan fingerprint density at radius 2 is 1.83 bits per heavy atom. The number of nitrogens with two attached hydrogens (primary N) is 1. The van der Waals surface area contributed by atoms with Gasteiger partial charge in [-0.2, -0.15) is 0 Å². The Kier molecular flexibility index (Phi) is 8.03. The van der Waals surface area contributed by atoms with Gasteiger partial charge in [-0.05, 0) is 35.8 Å². The molecule has 1 saturated heterocycles. The minimum absolute atomic E-state index is 0. The summed E-state index contributed by atoms with van der Waals surface area (Å²) in [5, 5.41) is 0. The molecular weight excluding hydrogens is 312 g/mol. The maximum Gasteiger partial charge on any atom is 0.239 e. The summed E-state index contributed by atoms with van der Waals surface area (Å²) >= 11 is 0. The monoisotopic (exact) mass is 340 g/mol. The first-order valence-electron chi connectivity index (χ1n) is 8.16. The zero-order valence-corrected chi connectivity index (χ0v) is 15.1. The van der Waals surface area contributed by atoms with Gasteiger partial charge in [-0.1, -0.05) is 38.1 Å². The summed E-state index contributed by atoms with van der Waals surface area (Å²) in [7, 11) is 1.83. The van der Waals surface area contributed by atoms with Crippen LogP contribution in [-0.4, -0.2) is 37.1 Å². The van der Waals surface area contributed by atoms with Crippen LogP contribution in [0.2, 0.25) is 0 Å². The summed E-state index contributed by atoms with van der Waals surface area (Å²) in [6.07, 6.45) is 1.76. The maximum absolute atomic E-state index is 12.5. The van der Waals surface area contributed by atoms with E-state index < -0.39 is 6.04 Å². The molecule has 1 unspecified atom stereocenters. The van der Waals surface area contributed by atoms with Crippen LogP contribution in [0.5, 0.6) is 0 Å². The Hall–Kier alpha value is -1.10. The molecular formula is C18H29ClN2O2. The highest BCUT2D eigenvalue weighted by Gasteiger charge is 2.28. The molecule has 1 atom stereocenters. The summed E-state index contributed by atoms with van der Waals surface area (Å²) < 4.78 is 5.34. The van der Waals surface area contributed by atoms with E-state index in [9.17, 15) is 4.79 Å². The number of rotatable bonds is 5. The molecule has 4 nitrogen and oxygen atoms in total. The van der Waals surface area contributed by atoms with Gasteiger partial charge in [0.05, 0.1) is 6.04 Å². The van der Waals surface area contributed by atoms with Gasteiger partial charge in [-0.3, -0.25) is 4.79 Å². The number of halogens is 1. The van der Waals surface area contributed by atoms with Crippen LogP contribution >= 0.6 is 12.4 Å². The Labute approximate surface area is 145 Å². The van der Waals surface area contributed by atoms with Crippen LogP contribution in [0.1, 0.15) is 43.7 Å². The molecule has 0 bridgehead atoms. The number of nitrogens with zero attached hydrogens (tertiary/aromatic N) is 1. The number of likely N-dealkylation sites (N-methyl/N-ethyl adjacent to an activating group) is 1. The Morgan fingerprint density at radius 3 is 2.35 bits per heavy atom. The second-order valence-corrected chi connectivity index (χ2v) is 6.57. The predicted octanol–water partition coefficient (Wildman–Crippen LogP) is 2.94. The van der Waals surface area contributed by atoms with Crippen molar-refractivity contribution in [3.8, 4) is 0 Å². The highest BCUT2D eigenvalue weighted by atomic mass is 35.5. The normalized spacial score (nSPS) is 16.7. The zero-order chi connectivity index (χ0) is 16.1. The van der Waals surface area contributed by atoms with Crippen molar-refractivity contribution < 1.29 is 9.53 Å². The lowest BCUT2D eigenvalue weighted by molar-refractivity contribution is -0.133. The lowest BCUT2D eigenvalue weighted by Crippen LogP contribution is -2.47. The van der Waals surface area contributed by atoms with Crippen LogP contribution in [0, 0.1) is 5.92 Å². The van der Waals surface area contributed by atoms with Crippen LogP contribution in [0.15, 0.2) is 24.3 Å². The third kappa shape index (κ3) is 5.48. The fourth-order valence-electron chi connectivity index (χ4n) is 2.89. The summed E-state index contributed by atoms with van der Waals surface area (Å²) in [6.45, 7) is 6.39. The van der Waals surface area contributed by atoms with Crippen molar-refractivity contribution in [3.63, 3.8) is 0 Å². The lowest BCUT2D eigenvalue weighted by Gasteiger charge is -2.30. The van der Waals surface area contributed by atoms with Crippen LogP contribution < -0.4 is 5.73 Å². The highest BCUT2D eigenvalue weighted by Crippen LogP contribution is 2.20. The molecule has 1 heterocycles. The van der Waals surface area contributed by atoms with Crippen LogP contribution in [0.3, 0.4) is 0 Å². The van der Waals surface area contributed by atoms with Crippen molar-refractivity contribution in [2.45, 2.75) is 45.2 Å². The van der Waals surface area contributed by atoms with Crippen molar-refractivity contribution in [1.82, 2.24) is 4.90 Å². The molecule has 2 N–H and O–H groups in total. The van der Waals surface area contributed by atoms with E-state index in [0.29, 0.717) is 25.7 Å². The van der Waals surface area contributed by atoms with Crippen molar-refractivity contribution in [2.24, 2.45) is 11.7 Å². The molecule has 1 amide bonds. The second kappa shape index (κ2) is 9.26. The molecule has 0 saturated carbocycles. The molecule has 23 heavy (non-hydrogen) atoms. The third-order valence-corrected chi connectivity index (χ3v) is 4.50. The summed E-state index contributed by atoms with van der Waals surface area (Å²) in [4.78, 5) is 14.2. The van der Waals surface area contributed by atoms with E-state index in [0.717, 1.165) is 18.4 Å². The van der Waals surface area contributed by atoms with Crippen LogP contribution in [0.4, 0.5) is 0 Å². The first-order chi connectivity index (χ1) is 10.5. The highest BCUT2D eigenvalue weighted by molar-refractivity contribution is 5.85. The van der Waals surface area contributed by atoms with Gasteiger partial charge in [0.1, 0.15) is 0 Å². The number of hydrogen-bond acceptors (Lipinski definition) is 3. The standard InChI is InChI=1S/C18H28N2O2.ClH/c1-13(2)15-6-4-14(5-7-15)12-20(3)18(21)17(19)16-8-10-22-11-9-16;/h4-7,13,16-17H,8-12,19H2,1-3H3;1H. The van der Waals surface area contributed by atoms with Crippen molar-refractivity contribution in [2.75, 3.05) is 20.3 Å². The first kappa shape index (κ1) is 19.9. The minimum atomic E-state index is -0.413. The largest absolute Gasteiger partial charge is 0.381 e. The molecule has 5 heteroatoms. The minimum Gasteiger partial charge on any atom is -0.381 e. The van der Waals surface area contributed by atoms with Gasteiger partial charge in [0.15, 0.2) is 0 Å². The Balaban J connectivity index is 0.00000264. The molecule has 0 aromatic heterocycles. The molecule has 2 rings (SSSR count). The molecule has 1 aromatic carbocycles. The molecule has 1 aliphatic rings. The summed E-state index contributed by atoms with van der Waals surface area (Å²) in [5.74, 6) is 0.794. The smallest absolute Gasteiger partial charge is 0.239 e. The van der Waals surface area contributed by atoms with Gasteiger partial charge in [0, 0.05) is 26.8 Å². The average Bonchev–Trinajstić information content (AvgIpc) is 2.54. The van der Waals surface area contributed by atoms with Crippen LogP contribution in [0.25, 0.3) is 0 Å². The molecule has 0 aliphatic carbocycles. The van der Waals surface area contributed by atoms with Gasteiger partial charge in [0.2, 0.25) is 5.91 Å². The average molecular weight is 341 g/mol. The van der Waals surface area contributed by atoms with E-state index >= 15 is 0 Å². The third-order valence-electron chi connectivity index (χ3n) is 4.50. The fraction of sp³-hybridized carbons (Fsp3) is 0.611. The maximum atomic E-state index is 12.5. The Bertz CT molecular complexity index is 484. The number of hydrogen-bond donors (Lipinski definition) is 1. The SMILES string of the molecule is CC(C)c1ccc(CN(C)C(=O)C(N)C2CCOCC2)cc1.Cl. The van der Waals surface area contributed by atoms with Crippen molar-refractivity contribution >= 4 is 18.3 Å². The number of carbonyl (C=O) groups excluding carboxylic acids is 1.